The highest BCUT2D eigenvalue weighted by molar-refractivity contribution is 5.79. The number of rotatable bonds is 6. The molecule has 0 aliphatic rings. The van der Waals surface area contributed by atoms with Crippen molar-refractivity contribution in [2.75, 3.05) is 17.7 Å². The molecule has 0 amide bonds. The third-order valence-corrected chi connectivity index (χ3v) is 3.26. The smallest absolute Gasteiger partial charge is 0.315 e. The third-order valence-electron chi connectivity index (χ3n) is 3.26. The van der Waals surface area contributed by atoms with Gasteiger partial charge in [0.25, 0.3) is 0 Å². The van der Waals surface area contributed by atoms with E-state index in [1.165, 1.54) is 5.56 Å². The Morgan fingerprint density at radius 2 is 1.76 bits per heavy atom. The van der Waals surface area contributed by atoms with Gasteiger partial charge in [-0.2, -0.15) is 0 Å². The zero-order chi connectivity index (χ0) is 15.2. The van der Waals surface area contributed by atoms with Gasteiger partial charge in [-0.05, 0) is 36.2 Å². The summed E-state index contributed by atoms with van der Waals surface area (Å²) in [6, 6.07) is 13.2. The summed E-state index contributed by atoms with van der Waals surface area (Å²) in [5.41, 5.74) is 3.13. The molecule has 2 aromatic rings. The molecule has 0 atom stereocenters. The first-order valence-corrected chi connectivity index (χ1v) is 6.96. The predicted molar refractivity (Wildman–Crippen MR) is 86.4 cm³/mol. The number of anilines is 3. The van der Waals surface area contributed by atoms with Crippen molar-refractivity contribution in [1.29, 1.82) is 0 Å². The van der Waals surface area contributed by atoms with E-state index < -0.39 is 0 Å². The fourth-order valence-corrected chi connectivity index (χ4v) is 2.24. The number of nitrogens with one attached hydrogen (secondary N) is 2. The van der Waals surface area contributed by atoms with Crippen molar-refractivity contribution >= 4 is 22.7 Å². The van der Waals surface area contributed by atoms with Crippen LogP contribution in [0, 0.1) is 10.1 Å². The maximum Gasteiger partial charge on any atom is 0.315 e. The van der Waals surface area contributed by atoms with E-state index in [9.17, 15) is 10.1 Å². The van der Waals surface area contributed by atoms with Crippen LogP contribution in [0.25, 0.3) is 0 Å². The van der Waals surface area contributed by atoms with Crippen LogP contribution in [0.2, 0.25) is 0 Å². The molecule has 0 unspecified atom stereocenters. The Balaban J connectivity index is 2.28. The summed E-state index contributed by atoms with van der Waals surface area (Å²) in [7, 11) is 1.67. The Kier molecular flexibility index (Phi) is 4.77. The van der Waals surface area contributed by atoms with Gasteiger partial charge in [0.15, 0.2) is 0 Å². The van der Waals surface area contributed by atoms with Crippen molar-refractivity contribution in [1.82, 2.24) is 0 Å². The van der Waals surface area contributed by atoms with Crippen LogP contribution in [0.1, 0.15) is 18.9 Å². The second-order valence-corrected chi connectivity index (χ2v) is 4.78. The predicted octanol–water partition coefficient (Wildman–Crippen LogP) is 4.33. The van der Waals surface area contributed by atoms with Crippen LogP contribution in [0.15, 0.2) is 42.5 Å². The summed E-state index contributed by atoms with van der Waals surface area (Å²) >= 11 is 0. The summed E-state index contributed by atoms with van der Waals surface area (Å²) in [6.07, 6.45) is 2.14. The van der Waals surface area contributed by atoms with Gasteiger partial charge in [-0.15, -0.1) is 0 Å². The highest BCUT2D eigenvalue weighted by Gasteiger charge is 2.18. The number of nitrogens with zero attached hydrogens (tertiary/aromatic N) is 1. The molecule has 2 aromatic carbocycles. The molecule has 0 saturated carbocycles. The Morgan fingerprint density at radius 1 is 1.10 bits per heavy atom. The summed E-state index contributed by atoms with van der Waals surface area (Å²) in [6.45, 7) is 2.14. The summed E-state index contributed by atoms with van der Waals surface area (Å²) in [5.74, 6) is 0. The van der Waals surface area contributed by atoms with Gasteiger partial charge in [-0.25, -0.2) is 0 Å². The van der Waals surface area contributed by atoms with Crippen LogP contribution in [0.4, 0.5) is 22.7 Å². The number of para-hydroxylation sites is 1. The highest BCUT2D eigenvalue weighted by Crippen LogP contribution is 2.34. The van der Waals surface area contributed by atoms with Gasteiger partial charge < -0.3 is 10.6 Å². The van der Waals surface area contributed by atoms with E-state index in [1.54, 1.807) is 25.2 Å². The Morgan fingerprint density at radius 3 is 2.33 bits per heavy atom. The van der Waals surface area contributed by atoms with Gasteiger partial charge in [0.1, 0.15) is 11.4 Å². The van der Waals surface area contributed by atoms with E-state index in [0.29, 0.717) is 11.4 Å². The number of benzene rings is 2. The van der Waals surface area contributed by atoms with E-state index in [1.807, 2.05) is 24.3 Å². The SMILES string of the molecule is CCCc1ccc(Nc2cccc(NC)c2[N+](=O)[O-])cc1. The standard InChI is InChI=1S/C16H19N3O2/c1-3-5-12-8-10-13(11-9-12)18-15-7-4-6-14(17-2)16(15)19(20)21/h4,6-11,17-18H,3,5H2,1-2H3. The van der Waals surface area contributed by atoms with Crippen LogP contribution in [0.3, 0.4) is 0 Å². The van der Waals surface area contributed by atoms with E-state index in [0.717, 1.165) is 18.5 Å². The topological polar surface area (TPSA) is 67.2 Å². The van der Waals surface area contributed by atoms with Gasteiger partial charge in [-0.1, -0.05) is 31.5 Å². The first kappa shape index (κ1) is 14.8. The molecule has 0 fully saturated rings. The lowest BCUT2D eigenvalue weighted by atomic mass is 10.1. The molecule has 0 aromatic heterocycles. The maximum absolute atomic E-state index is 11.3. The Hall–Kier alpha value is -2.56. The Labute approximate surface area is 124 Å². The molecule has 0 aliphatic heterocycles. The minimum atomic E-state index is -0.375. The quantitative estimate of drug-likeness (QED) is 0.612. The van der Waals surface area contributed by atoms with Crippen LogP contribution in [-0.2, 0) is 6.42 Å². The third kappa shape index (κ3) is 3.51. The number of nitro benzene ring substituents is 1. The van der Waals surface area contributed by atoms with Crippen molar-refractivity contribution in [3.63, 3.8) is 0 Å². The molecule has 2 N–H and O–H groups in total. The molecule has 21 heavy (non-hydrogen) atoms. The lowest BCUT2D eigenvalue weighted by Crippen LogP contribution is -2.01. The van der Waals surface area contributed by atoms with Crippen LogP contribution >= 0.6 is 0 Å². The molecule has 0 spiro atoms. The summed E-state index contributed by atoms with van der Waals surface area (Å²) < 4.78 is 0. The van der Waals surface area contributed by atoms with E-state index in [-0.39, 0.29) is 10.6 Å². The highest BCUT2D eigenvalue weighted by atomic mass is 16.6. The second kappa shape index (κ2) is 6.74. The lowest BCUT2D eigenvalue weighted by molar-refractivity contribution is -0.383. The fourth-order valence-electron chi connectivity index (χ4n) is 2.24. The van der Waals surface area contributed by atoms with Gasteiger partial charge in [-0.3, -0.25) is 10.1 Å². The van der Waals surface area contributed by atoms with Crippen LogP contribution in [-0.4, -0.2) is 12.0 Å². The molecule has 0 bridgehead atoms. The van der Waals surface area contributed by atoms with E-state index >= 15 is 0 Å². The molecular weight excluding hydrogens is 266 g/mol. The van der Waals surface area contributed by atoms with Crippen molar-refractivity contribution in [2.45, 2.75) is 19.8 Å². The largest absolute Gasteiger partial charge is 0.382 e. The zero-order valence-corrected chi connectivity index (χ0v) is 12.2. The number of nitro groups is 1. The molecule has 110 valence electrons. The number of hydrogen-bond donors (Lipinski definition) is 2. The van der Waals surface area contributed by atoms with Gasteiger partial charge in [0, 0.05) is 12.7 Å². The minimum Gasteiger partial charge on any atom is -0.382 e. The molecule has 5 nitrogen and oxygen atoms in total. The summed E-state index contributed by atoms with van der Waals surface area (Å²) in [4.78, 5) is 10.9. The van der Waals surface area contributed by atoms with Crippen molar-refractivity contribution in [3.05, 3.63) is 58.1 Å². The summed E-state index contributed by atoms with van der Waals surface area (Å²) in [5, 5.41) is 17.2. The molecule has 0 saturated heterocycles. The zero-order valence-electron chi connectivity index (χ0n) is 12.2. The van der Waals surface area contributed by atoms with Crippen LogP contribution in [0.5, 0.6) is 0 Å². The molecule has 2 rings (SSSR count). The second-order valence-electron chi connectivity index (χ2n) is 4.78. The normalized spacial score (nSPS) is 10.2. The fraction of sp³-hybridized carbons (Fsp3) is 0.250. The monoisotopic (exact) mass is 285 g/mol. The molecular formula is C16H19N3O2. The average Bonchev–Trinajstić information content (AvgIpc) is 2.49. The molecule has 0 aliphatic carbocycles. The first-order chi connectivity index (χ1) is 10.2. The number of aryl methyl sites for hydroxylation is 1. The molecule has 5 heteroatoms. The van der Waals surface area contributed by atoms with Gasteiger partial charge in [0.2, 0.25) is 0 Å². The first-order valence-electron chi connectivity index (χ1n) is 6.96. The Bertz CT molecular complexity index is 624. The van der Waals surface area contributed by atoms with Crippen molar-refractivity contribution in [2.24, 2.45) is 0 Å². The van der Waals surface area contributed by atoms with Crippen molar-refractivity contribution < 1.29 is 4.92 Å². The average molecular weight is 285 g/mol. The molecule has 0 heterocycles. The van der Waals surface area contributed by atoms with Crippen molar-refractivity contribution in [3.8, 4) is 0 Å². The number of hydrogen-bond acceptors (Lipinski definition) is 4. The molecule has 0 radical (unpaired) electrons. The van der Waals surface area contributed by atoms with Crippen LogP contribution < -0.4 is 10.6 Å². The van der Waals surface area contributed by atoms with E-state index in [4.69, 9.17) is 0 Å². The van der Waals surface area contributed by atoms with Gasteiger partial charge in [0.05, 0.1) is 4.92 Å². The lowest BCUT2D eigenvalue weighted by Gasteiger charge is -2.10. The maximum atomic E-state index is 11.3. The minimum absolute atomic E-state index is 0.0534. The van der Waals surface area contributed by atoms with Gasteiger partial charge >= 0.3 is 5.69 Å². The van der Waals surface area contributed by atoms with E-state index in [2.05, 4.69) is 17.6 Å².